The molecule has 34 heavy (non-hydrogen) atoms. The number of halogens is 2. The molecule has 9 nitrogen and oxygen atoms in total. The summed E-state index contributed by atoms with van der Waals surface area (Å²) in [6.07, 6.45) is 4.93. The molecule has 4 rings (SSSR count). The minimum absolute atomic E-state index is 0.114. The minimum atomic E-state index is -1.07. The molecule has 2 aromatic rings. The fourth-order valence-electron chi connectivity index (χ4n) is 3.72. The van der Waals surface area contributed by atoms with Gasteiger partial charge in [0.2, 0.25) is 0 Å². The van der Waals surface area contributed by atoms with E-state index in [0.717, 1.165) is 6.20 Å². The van der Waals surface area contributed by atoms with Crippen LogP contribution >= 0.6 is 0 Å². The van der Waals surface area contributed by atoms with Crippen molar-refractivity contribution in [3.63, 3.8) is 0 Å². The Morgan fingerprint density at radius 3 is 2.94 bits per heavy atom. The molecule has 2 atom stereocenters. The van der Waals surface area contributed by atoms with Gasteiger partial charge in [-0.05, 0) is 26.0 Å². The van der Waals surface area contributed by atoms with Gasteiger partial charge in [0, 0.05) is 37.6 Å². The van der Waals surface area contributed by atoms with Crippen LogP contribution in [0.15, 0.2) is 47.5 Å². The molecule has 1 amide bonds. The smallest absolute Gasteiger partial charge is 0.262 e. The van der Waals surface area contributed by atoms with Crippen LogP contribution in [-0.4, -0.2) is 72.1 Å². The number of hydrogen-bond acceptors (Lipinski definition) is 8. The van der Waals surface area contributed by atoms with E-state index in [4.69, 9.17) is 9.47 Å². The maximum Gasteiger partial charge on any atom is 0.262 e. The number of nitrogens with one attached hydrogen (secondary N) is 2. The minimum Gasteiger partial charge on any atom is -0.488 e. The normalized spacial score (nSPS) is 20.3. The van der Waals surface area contributed by atoms with Crippen LogP contribution in [-0.2, 0) is 4.79 Å². The number of piperidine rings is 1. The first kappa shape index (κ1) is 23.6. The number of hydrogen-bond donors (Lipinski definition) is 2. The van der Waals surface area contributed by atoms with Gasteiger partial charge in [-0.3, -0.25) is 9.78 Å². The molecule has 0 bridgehead atoms. The van der Waals surface area contributed by atoms with Gasteiger partial charge in [-0.25, -0.2) is 18.8 Å². The molecule has 2 aliphatic rings. The van der Waals surface area contributed by atoms with Crippen LogP contribution in [0.2, 0.25) is 0 Å². The number of alkyl halides is 1. The van der Waals surface area contributed by atoms with Crippen molar-refractivity contribution in [3.8, 4) is 17.4 Å². The van der Waals surface area contributed by atoms with Gasteiger partial charge in [0.15, 0.2) is 5.75 Å². The Kier molecular flexibility index (Phi) is 7.31. The summed E-state index contributed by atoms with van der Waals surface area (Å²) in [5, 5.41) is 5.84. The summed E-state index contributed by atoms with van der Waals surface area (Å²) >= 11 is 0. The topological polar surface area (TPSA) is 101 Å². The molecule has 1 fully saturated rings. The fraction of sp³-hybridized carbons (Fsp3) is 0.391. The number of ether oxygens (including phenoxy) is 2. The van der Waals surface area contributed by atoms with E-state index in [-0.39, 0.29) is 17.5 Å². The van der Waals surface area contributed by atoms with E-state index in [0.29, 0.717) is 55.4 Å². The predicted molar refractivity (Wildman–Crippen MR) is 121 cm³/mol. The zero-order chi connectivity index (χ0) is 24.1. The number of aromatic nitrogens is 2. The SMILES string of the molecule is CCOc1cc(F)cnc1Oc1cncc(C2=NC=C(C(=O)NC3CNCC[C@H]3F)CN2C)c1. The zero-order valence-corrected chi connectivity index (χ0v) is 18.9. The van der Waals surface area contributed by atoms with Crippen LogP contribution in [0.25, 0.3) is 0 Å². The molecule has 1 unspecified atom stereocenters. The Bertz CT molecular complexity index is 1110. The number of amides is 1. The zero-order valence-electron chi connectivity index (χ0n) is 18.9. The first-order valence-electron chi connectivity index (χ1n) is 11.0. The third-order valence-electron chi connectivity index (χ3n) is 5.39. The maximum atomic E-state index is 14.1. The summed E-state index contributed by atoms with van der Waals surface area (Å²) in [5.74, 6) is 0.362. The molecule has 2 aromatic heterocycles. The Labute approximate surface area is 195 Å². The number of rotatable bonds is 7. The highest BCUT2D eigenvalue weighted by Crippen LogP contribution is 2.30. The van der Waals surface area contributed by atoms with Crippen molar-refractivity contribution >= 4 is 11.7 Å². The Hall–Kier alpha value is -3.60. The quantitative estimate of drug-likeness (QED) is 0.637. The standard InChI is InChI=1S/C23H26F2N6O3/c1-3-33-20-7-16(24)10-29-23(20)34-17-6-14(8-27-11-17)21-28-9-15(13-31(21)2)22(32)30-19-12-26-5-4-18(19)25/h6-11,18-19,26H,3-5,12-13H2,1-2H3,(H,30,32)/t18-,19?/m1/s1. The van der Waals surface area contributed by atoms with Gasteiger partial charge in [-0.15, -0.1) is 0 Å². The molecule has 4 heterocycles. The van der Waals surface area contributed by atoms with Crippen molar-refractivity contribution in [2.45, 2.75) is 25.6 Å². The summed E-state index contributed by atoms with van der Waals surface area (Å²) in [5.41, 5.74) is 1.08. The molecule has 0 saturated carbocycles. The predicted octanol–water partition coefficient (Wildman–Crippen LogP) is 2.20. The second-order valence-electron chi connectivity index (χ2n) is 7.95. The van der Waals surface area contributed by atoms with Gasteiger partial charge in [-0.2, -0.15) is 0 Å². The third-order valence-corrected chi connectivity index (χ3v) is 5.39. The first-order chi connectivity index (χ1) is 16.4. The second-order valence-corrected chi connectivity index (χ2v) is 7.95. The Morgan fingerprint density at radius 2 is 2.18 bits per heavy atom. The maximum absolute atomic E-state index is 14.1. The highest BCUT2D eigenvalue weighted by molar-refractivity contribution is 6.02. The summed E-state index contributed by atoms with van der Waals surface area (Å²) in [6, 6.07) is 2.36. The summed E-state index contributed by atoms with van der Waals surface area (Å²) in [7, 11) is 1.79. The van der Waals surface area contributed by atoms with Gasteiger partial charge in [0.25, 0.3) is 11.8 Å². The monoisotopic (exact) mass is 472 g/mol. The average Bonchev–Trinajstić information content (AvgIpc) is 2.82. The van der Waals surface area contributed by atoms with E-state index in [1.165, 1.54) is 18.5 Å². The number of aliphatic imine (C=N–C) groups is 1. The molecule has 180 valence electrons. The molecule has 2 N–H and O–H groups in total. The van der Waals surface area contributed by atoms with Crippen molar-refractivity contribution in [1.82, 2.24) is 25.5 Å². The molecule has 0 aliphatic carbocycles. The highest BCUT2D eigenvalue weighted by Gasteiger charge is 2.28. The van der Waals surface area contributed by atoms with Crippen LogP contribution < -0.4 is 20.1 Å². The van der Waals surface area contributed by atoms with E-state index < -0.39 is 18.0 Å². The van der Waals surface area contributed by atoms with Gasteiger partial charge >= 0.3 is 0 Å². The van der Waals surface area contributed by atoms with Crippen LogP contribution in [0.4, 0.5) is 8.78 Å². The molecule has 0 radical (unpaired) electrons. The molecule has 11 heteroatoms. The summed E-state index contributed by atoms with van der Waals surface area (Å²) in [4.78, 5) is 27.0. The molecular weight excluding hydrogens is 446 g/mol. The largest absolute Gasteiger partial charge is 0.488 e. The lowest BCUT2D eigenvalue weighted by Gasteiger charge is -2.29. The fourth-order valence-corrected chi connectivity index (χ4v) is 3.72. The number of nitrogens with zero attached hydrogens (tertiary/aromatic N) is 4. The Morgan fingerprint density at radius 1 is 1.32 bits per heavy atom. The molecule has 1 saturated heterocycles. The number of carbonyl (C=O) groups is 1. The van der Waals surface area contributed by atoms with Crippen molar-refractivity contribution in [2.24, 2.45) is 4.99 Å². The first-order valence-corrected chi connectivity index (χ1v) is 11.0. The highest BCUT2D eigenvalue weighted by atomic mass is 19.1. The van der Waals surface area contributed by atoms with Crippen molar-refractivity contribution in [2.75, 3.05) is 33.3 Å². The lowest BCUT2D eigenvalue weighted by atomic mass is 10.0. The van der Waals surface area contributed by atoms with Gasteiger partial charge in [0.05, 0.1) is 37.2 Å². The lowest BCUT2D eigenvalue weighted by molar-refractivity contribution is -0.119. The van der Waals surface area contributed by atoms with E-state index in [1.807, 2.05) is 0 Å². The van der Waals surface area contributed by atoms with Gasteiger partial charge in [0.1, 0.15) is 23.6 Å². The molecule has 0 aromatic carbocycles. The van der Waals surface area contributed by atoms with Crippen molar-refractivity contribution in [3.05, 3.63) is 53.9 Å². The van der Waals surface area contributed by atoms with Crippen LogP contribution in [0.5, 0.6) is 17.4 Å². The lowest BCUT2D eigenvalue weighted by Crippen LogP contribution is -2.53. The van der Waals surface area contributed by atoms with Crippen LogP contribution in [0.3, 0.4) is 0 Å². The second kappa shape index (κ2) is 10.6. The van der Waals surface area contributed by atoms with Gasteiger partial charge in [-0.1, -0.05) is 0 Å². The van der Waals surface area contributed by atoms with Gasteiger partial charge < -0.3 is 25.0 Å². The summed E-state index contributed by atoms with van der Waals surface area (Å²) < 4.78 is 38.7. The van der Waals surface area contributed by atoms with Crippen LogP contribution in [0.1, 0.15) is 18.9 Å². The van der Waals surface area contributed by atoms with E-state index >= 15 is 0 Å². The Balaban J connectivity index is 1.49. The third kappa shape index (κ3) is 5.48. The number of amidine groups is 1. The van der Waals surface area contributed by atoms with E-state index in [1.54, 1.807) is 31.1 Å². The number of pyridine rings is 2. The number of likely N-dealkylation sites (N-methyl/N-ethyl adjacent to an activating group) is 1. The molecule has 0 spiro atoms. The molecular formula is C23H26F2N6O3. The van der Waals surface area contributed by atoms with Crippen LogP contribution in [0, 0.1) is 5.82 Å². The average molecular weight is 472 g/mol. The van der Waals surface area contributed by atoms with Crippen molar-refractivity contribution < 1.29 is 23.0 Å². The van der Waals surface area contributed by atoms with E-state index in [9.17, 15) is 13.6 Å². The molecule has 2 aliphatic heterocycles. The van der Waals surface area contributed by atoms with E-state index in [2.05, 4.69) is 25.6 Å². The number of carbonyl (C=O) groups excluding carboxylic acids is 1. The van der Waals surface area contributed by atoms with Crippen molar-refractivity contribution in [1.29, 1.82) is 0 Å². The summed E-state index contributed by atoms with van der Waals surface area (Å²) in [6.45, 7) is 3.40.